The first-order valence-electron chi connectivity index (χ1n) is 4.43. The quantitative estimate of drug-likeness (QED) is 0.843. The molecule has 0 saturated heterocycles. The highest BCUT2D eigenvalue weighted by atomic mass is 32.2. The molecule has 1 aromatic heterocycles. The Morgan fingerprint density at radius 2 is 2.07 bits per heavy atom. The molecule has 7 heteroatoms. The molecule has 0 amide bonds. The molecule has 1 rings (SSSR count). The van der Waals surface area contributed by atoms with Gasteiger partial charge in [0.15, 0.2) is 0 Å². The number of aryl methyl sites for hydroxylation is 2. The maximum atomic E-state index is 11.3. The molecule has 5 nitrogen and oxygen atoms in total. The van der Waals surface area contributed by atoms with Crippen LogP contribution in [0.1, 0.15) is 11.4 Å². The van der Waals surface area contributed by atoms with Crippen LogP contribution in [0.2, 0.25) is 0 Å². The van der Waals surface area contributed by atoms with Gasteiger partial charge in [0.25, 0.3) is 0 Å². The average molecular weight is 249 g/mol. The molecule has 0 unspecified atom stereocenters. The summed E-state index contributed by atoms with van der Waals surface area (Å²) in [5.41, 5.74) is 1.08. The van der Waals surface area contributed by atoms with Gasteiger partial charge in [-0.2, -0.15) is 16.9 Å². The fourth-order valence-electron chi connectivity index (χ4n) is 1.49. The first-order chi connectivity index (χ1) is 6.88. The molecule has 2 N–H and O–H groups in total. The average Bonchev–Trinajstić information content (AvgIpc) is 2.36. The van der Waals surface area contributed by atoms with Gasteiger partial charge in [0.1, 0.15) is 4.90 Å². The summed E-state index contributed by atoms with van der Waals surface area (Å²) in [5, 5.41) is 9.27. The molecular formula is C8H15N3O2S2. The van der Waals surface area contributed by atoms with Gasteiger partial charge in [-0.1, -0.05) is 0 Å². The molecule has 0 saturated carbocycles. The molecule has 0 aromatic carbocycles. The molecule has 1 heterocycles. The minimum Gasteiger partial charge on any atom is -0.267 e. The van der Waals surface area contributed by atoms with Crippen LogP contribution in [0, 0.1) is 13.8 Å². The van der Waals surface area contributed by atoms with Crippen LogP contribution in [0.3, 0.4) is 0 Å². The van der Waals surface area contributed by atoms with E-state index in [4.69, 9.17) is 5.14 Å². The van der Waals surface area contributed by atoms with Crippen LogP contribution < -0.4 is 5.14 Å². The summed E-state index contributed by atoms with van der Waals surface area (Å²) < 4.78 is 24.2. The summed E-state index contributed by atoms with van der Waals surface area (Å²) in [7, 11) is -3.66. The predicted molar refractivity (Wildman–Crippen MR) is 61.5 cm³/mol. The minimum atomic E-state index is -3.66. The Bertz CT molecular complexity index is 451. The summed E-state index contributed by atoms with van der Waals surface area (Å²) in [5.74, 6) is 0.895. The SMILES string of the molecule is CSCCn1nc(C)c(S(N)(=O)=O)c1C. The lowest BCUT2D eigenvalue weighted by molar-refractivity contribution is 0.595. The van der Waals surface area contributed by atoms with Gasteiger partial charge < -0.3 is 0 Å². The summed E-state index contributed by atoms with van der Waals surface area (Å²) >= 11 is 1.69. The van der Waals surface area contributed by atoms with Gasteiger partial charge in [0, 0.05) is 5.75 Å². The van der Waals surface area contributed by atoms with Crippen molar-refractivity contribution in [1.82, 2.24) is 9.78 Å². The molecular weight excluding hydrogens is 234 g/mol. The van der Waals surface area contributed by atoms with Crippen molar-refractivity contribution in [3.8, 4) is 0 Å². The van der Waals surface area contributed by atoms with Gasteiger partial charge in [0.05, 0.1) is 17.9 Å². The van der Waals surface area contributed by atoms with Gasteiger partial charge in [-0.05, 0) is 20.1 Å². The van der Waals surface area contributed by atoms with Crippen LogP contribution >= 0.6 is 11.8 Å². The summed E-state index contributed by atoms with van der Waals surface area (Å²) in [6, 6.07) is 0. The number of sulfonamides is 1. The third-order valence-corrected chi connectivity index (χ3v) is 3.86. The molecule has 0 fully saturated rings. The van der Waals surface area contributed by atoms with E-state index < -0.39 is 10.0 Å². The molecule has 0 aliphatic rings. The highest BCUT2D eigenvalue weighted by Crippen LogP contribution is 2.17. The lowest BCUT2D eigenvalue weighted by atomic mass is 10.4. The van der Waals surface area contributed by atoms with Crippen molar-refractivity contribution >= 4 is 21.8 Å². The van der Waals surface area contributed by atoms with Crippen LogP contribution in [0.25, 0.3) is 0 Å². The van der Waals surface area contributed by atoms with E-state index in [2.05, 4.69) is 5.10 Å². The van der Waals surface area contributed by atoms with Crippen LogP contribution in [-0.2, 0) is 16.6 Å². The van der Waals surface area contributed by atoms with Crippen molar-refractivity contribution < 1.29 is 8.42 Å². The largest absolute Gasteiger partial charge is 0.267 e. The number of rotatable bonds is 4. The third-order valence-electron chi connectivity index (χ3n) is 2.11. The van der Waals surface area contributed by atoms with Crippen molar-refractivity contribution in [2.45, 2.75) is 25.3 Å². The Labute approximate surface area is 94.1 Å². The Balaban J connectivity index is 3.15. The summed E-state index contributed by atoms with van der Waals surface area (Å²) in [4.78, 5) is 0.156. The topological polar surface area (TPSA) is 78.0 Å². The van der Waals surface area contributed by atoms with Gasteiger partial charge in [-0.3, -0.25) is 4.68 Å². The fourth-order valence-corrected chi connectivity index (χ4v) is 2.81. The second kappa shape index (κ2) is 4.54. The molecule has 0 aliphatic carbocycles. The zero-order valence-corrected chi connectivity index (χ0v) is 10.7. The molecule has 0 spiro atoms. The molecule has 15 heavy (non-hydrogen) atoms. The summed E-state index contributed by atoms with van der Waals surface area (Å²) in [6.07, 6.45) is 1.99. The molecule has 1 aromatic rings. The van der Waals surface area contributed by atoms with Crippen molar-refractivity contribution in [2.24, 2.45) is 5.14 Å². The third kappa shape index (κ3) is 2.73. The molecule has 0 aliphatic heterocycles. The van der Waals surface area contributed by atoms with Gasteiger partial charge in [-0.15, -0.1) is 0 Å². The number of hydrogen-bond acceptors (Lipinski definition) is 4. The Morgan fingerprint density at radius 3 is 2.47 bits per heavy atom. The van der Waals surface area contributed by atoms with Crippen molar-refractivity contribution in [3.05, 3.63) is 11.4 Å². The van der Waals surface area contributed by atoms with E-state index in [1.54, 1.807) is 30.3 Å². The van der Waals surface area contributed by atoms with E-state index >= 15 is 0 Å². The van der Waals surface area contributed by atoms with Gasteiger partial charge in [-0.25, -0.2) is 13.6 Å². The van der Waals surface area contributed by atoms with E-state index in [9.17, 15) is 8.42 Å². The van der Waals surface area contributed by atoms with Crippen LogP contribution in [0.15, 0.2) is 4.90 Å². The van der Waals surface area contributed by atoms with Crippen LogP contribution in [0.5, 0.6) is 0 Å². The van der Waals surface area contributed by atoms with Crippen LogP contribution in [0.4, 0.5) is 0 Å². The fraction of sp³-hybridized carbons (Fsp3) is 0.625. The molecule has 0 atom stereocenters. The number of thioether (sulfide) groups is 1. The Kier molecular flexibility index (Phi) is 3.80. The highest BCUT2D eigenvalue weighted by Gasteiger charge is 2.20. The lowest BCUT2D eigenvalue weighted by Gasteiger charge is -2.02. The van der Waals surface area contributed by atoms with E-state index in [1.165, 1.54) is 0 Å². The molecule has 0 bridgehead atoms. The standard InChI is InChI=1S/C8H15N3O2S2/c1-6-8(15(9,12)13)7(2)11(10-6)4-5-14-3/h4-5H2,1-3H3,(H2,9,12,13). The second-order valence-corrected chi connectivity index (χ2v) is 5.74. The maximum absolute atomic E-state index is 11.3. The predicted octanol–water partition coefficient (Wildman–Crippen LogP) is 0.510. The number of primary sulfonamides is 1. The summed E-state index contributed by atoms with van der Waals surface area (Å²) in [6.45, 7) is 4.08. The first-order valence-corrected chi connectivity index (χ1v) is 7.37. The van der Waals surface area contributed by atoms with E-state index in [0.717, 1.165) is 5.75 Å². The second-order valence-electron chi connectivity index (χ2n) is 3.26. The number of nitrogens with two attached hydrogens (primary N) is 1. The smallest absolute Gasteiger partial charge is 0.241 e. The zero-order chi connectivity index (χ0) is 11.6. The highest BCUT2D eigenvalue weighted by molar-refractivity contribution is 7.98. The van der Waals surface area contributed by atoms with Crippen molar-refractivity contribution in [1.29, 1.82) is 0 Å². The first kappa shape index (κ1) is 12.5. The lowest BCUT2D eigenvalue weighted by Crippen LogP contribution is -2.14. The van der Waals surface area contributed by atoms with Crippen molar-refractivity contribution in [2.75, 3.05) is 12.0 Å². The van der Waals surface area contributed by atoms with E-state index in [1.807, 2.05) is 6.26 Å². The maximum Gasteiger partial charge on any atom is 0.241 e. The number of aromatic nitrogens is 2. The van der Waals surface area contributed by atoms with E-state index in [-0.39, 0.29) is 4.90 Å². The molecule has 86 valence electrons. The number of nitrogens with zero attached hydrogens (tertiary/aromatic N) is 2. The Hall–Kier alpha value is -0.530. The normalized spacial score (nSPS) is 12.0. The van der Waals surface area contributed by atoms with Crippen LogP contribution in [-0.4, -0.2) is 30.2 Å². The van der Waals surface area contributed by atoms with E-state index in [0.29, 0.717) is 17.9 Å². The monoisotopic (exact) mass is 249 g/mol. The number of hydrogen-bond donors (Lipinski definition) is 1. The zero-order valence-electron chi connectivity index (χ0n) is 9.02. The molecule has 0 radical (unpaired) electrons. The Morgan fingerprint density at radius 1 is 1.47 bits per heavy atom. The van der Waals surface area contributed by atoms with Gasteiger partial charge >= 0.3 is 0 Å². The minimum absolute atomic E-state index is 0.156. The van der Waals surface area contributed by atoms with Gasteiger partial charge in [0.2, 0.25) is 10.0 Å². The van der Waals surface area contributed by atoms with Crippen molar-refractivity contribution in [3.63, 3.8) is 0 Å².